The van der Waals surface area contributed by atoms with Gasteiger partial charge in [-0.05, 0) is 19.9 Å². The third-order valence-corrected chi connectivity index (χ3v) is 2.86. The van der Waals surface area contributed by atoms with Gasteiger partial charge >= 0.3 is 5.97 Å². The molecule has 110 valence electrons. The van der Waals surface area contributed by atoms with E-state index < -0.39 is 5.97 Å². The van der Waals surface area contributed by atoms with E-state index in [0.717, 1.165) is 16.6 Å². The minimum absolute atomic E-state index is 0.0696. The van der Waals surface area contributed by atoms with Gasteiger partial charge in [0, 0.05) is 22.2 Å². The van der Waals surface area contributed by atoms with Crippen molar-refractivity contribution >= 4 is 28.5 Å². The number of aromatic nitrogens is 1. The average molecular weight is 287 g/mol. The number of aryl methyl sites for hydroxylation is 1. The zero-order chi connectivity index (χ0) is 15.4. The van der Waals surface area contributed by atoms with Gasteiger partial charge in [-0.15, -0.1) is 10.2 Å². The second-order valence-electron chi connectivity index (χ2n) is 4.36. The lowest BCUT2D eigenvalue weighted by molar-refractivity contribution is -0.134. The lowest BCUT2D eigenvalue weighted by Gasteiger charge is -2.05. The predicted octanol–water partition coefficient (Wildman–Crippen LogP) is 1.02. The minimum Gasteiger partial charge on any atom is -0.461 e. The maximum atomic E-state index is 12.1. The van der Waals surface area contributed by atoms with Crippen LogP contribution in [0.5, 0.6) is 0 Å². The number of rotatable bonds is 4. The van der Waals surface area contributed by atoms with Gasteiger partial charge in [-0.2, -0.15) is 0 Å². The largest absolute Gasteiger partial charge is 0.461 e. The molecule has 2 aromatic rings. The Bertz CT molecular complexity index is 726. The molecule has 0 aliphatic rings. The number of H-pyrrole nitrogens is 1. The number of ether oxygens (including phenoxy) is 1. The van der Waals surface area contributed by atoms with Gasteiger partial charge in [0.2, 0.25) is 5.96 Å². The fourth-order valence-corrected chi connectivity index (χ4v) is 2.08. The lowest BCUT2D eigenvalue weighted by atomic mass is 10.1. The molecule has 1 aromatic heterocycles. The average Bonchev–Trinajstić information content (AvgIpc) is 2.76. The second-order valence-corrected chi connectivity index (χ2v) is 4.36. The zero-order valence-electron chi connectivity index (χ0n) is 11.9. The number of fused-ring (bicyclic) bond motifs is 1. The SMILES string of the molecule is CCOC(=O)C(=NN=C(N)N)c1c(C)[nH]c2ccccc12. The molecule has 0 saturated carbocycles. The Hall–Kier alpha value is -2.83. The third-order valence-electron chi connectivity index (χ3n) is 2.86. The van der Waals surface area contributed by atoms with Crippen LogP contribution in [0.2, 0.25) is 0 Å². The van der Waals surface area contributed by atoms with Gasteiger partial charge in [0.05, 0.1) is 6.61 Å². The van der Waals surface area contributed by atoms with Crippen molar-refractivity contribution in [1.29, 1.82) is 0 Å². The quantitative estimate of drug-likeness (QED) is 0.336. The summed E-state index contributed by atoms with van der Waals surface area (Å²) in [6.07, 6.45) is 0. The molecular weight excluding hydrogens is 270 g/mol. The number of nitrogens with two attached hydrogens (primary N) is 2. The van der Waals surface area contributed by atoms with E-state index in [1.807, 2.05) is 31.2 Å². The monoisotopic (exact) mass is 287 g/mol. The maximum Gasteiger partial charge on any atom is 0.359 e. The van der Waals surface area contributed by atoms with E-state index in [2.05, 4.69) is 15.2 Å². The number of nitrogens with one attached hydrogen (secondary N) is 1. The first-order valence-corrected chi connectivity index (χ1v) is 6.46. The molecule has 7 nitrogen and oxygen atoms in total. The van der Waals surface area contributed by atoms with Crippen LogP contribution in [0, 0.1) is 6.92 Å². The molecule has 0 aliphatic heterocycles. The number of hydrogen-bond acceptors (Lipinski definition) is 4. The van der Waals surface area contributed by atoms with Crippen molar-refractivity contribution in [3.8, 4) is 0 Å². The molecule has 0 saturated heterocycles. The molecule has 1 aromatic carbocycles. The molecule has 0 fully saturated rings. The van der Waals surface area contributed by atoms with Gasteiger partial charge in [-0.25, -0.2) is 4.79 Å². The summed E-state index contributed by atoms with van der Waals surface area (Å²) in [5.41, 5.74) is 12.9. The Labute approximate surface area is 121 Å². The normalized spacial score (nSPS) is 11.4. The van der Waals surface area contributed by atoms with E-state index in [0.29, 0.717) is 5.56 Å². The van der Waals surface area contributed by atoms with Crippen LogP contribution in [0.3, 0.4) is 0 Å². The summed E-state index contributed by atoms with van der Waals surface area (Å²) in [6, 6.07) is 7.58. The van der Waals surface area contributed by atoms with E-state index >= 15 is 0 Å². The molecule has 0 spiro atoms. The van der Waals surface area contributed by atoms with Crippen molar-refractivity contribution in [2.45, 2.75) is 13.8 Å². The molecule has 0 amide bonds. The molecule has 0 unspecified atom stereocenters. The van der Waals surface area contributed by atoms with Gasteiger partial charge in [0.1, 0.15) is 0 Å². The molecule has 0 aliphatic carbocycles. The van der Waals surface area contributed by atoms with Gasteiger partial charge < -0.3 is 21.2 Å². The van der Waals surface area contributed by atoms with Gasteiger partial charge in [-0.1, -0.05) is 18.2 Å². The van der Waals surface area contributed by atoms with Crippen LogP contribution in [0.1, 0.15) is 18.2 Å². The lowest BCUT2D eigenvalue weighted by Crippen LogP contribution is -2.23. The summed E-state index contributed by atoms with van der Waals surface area (Å²) in [7, 11) is 0. The number of para-hydroxylation sites is 1. The van der Waals surface area contributed by atoms with Crippen molar-refractivity contribution in [3.05, 3.63) is 35.5 Å². The molecule has 0 bridgehead atoms. The number of carbonyl (C=O) groups excluding carboxylic acids is 1. The Morgan fingerprint density at radius 1 is 1.29 bits per heavy atom. The molecule has 0 radical (unpaired) electrons. The zero-order valence-corrected chi connectivity index (χ0v) is 11.9. The van der Waals surface area contributed by atoms with Gasteiger partial charge in [0.15, 0.2) is 5.71 Å². The first-order chi connectivity index (χ1) is 10.0. The number of aromatic amines is 1. The highest BCUT2D eigenvalue weighted by molar-refractivity contribution is 6.45. The highest BCUT2D eigenvalue weighted by atomic mass is 16.5. The van der Waals surface area contributed by atoms with Crippen molar-refractivity contribution in [3.63, 3.8) is 0 Å². The minimum atomic E-state index is -0.574. The summed E-state index contributed by atoms with van der Waals surface area (Å²) in [5, 5.41) is 8.29. The van der Waals surface area contributed by atoms with Crippen LogP contribution < -0.4 is 11.5 Å². The Kier molecular flexibility index (Phi) is 4.22. The molecule has 21 heavy (non-hydrogen) atoms. The number of guanidine groups is 1. The van der Waals surface area contributed by atoms with Crippen LogP contribution in [0.4, 0.5) is 0 Å². The summed E-state index contributed by atoms with van der Waals surface area (Å²) in [5.74, 6) is -0.801. The smallest absolute Gasteiger partial charge is 0.359 e. The molecule has 1 heterocycles. The fraction of sp³-hybridized carbons (Fsp3) is 0.214. The van der Waals surface area contributed by atoms with Gasteiger partial charge in [0.25, 0.3) is 0 Å². The van der Waals surface area contributed by atoms with Crippen LogP contribution in [0.25, 0.3) is 10.9 Å². The summed E-state index contributed by atoms with van der Waals surface area (Å²) < 4.78 is 5.03. The highest BCUT2D eigenvalue weighted by Crippen LogP contribution is 2.23. The fourth-order valence-electron chi connectivity index (χ4n) is 2.08. The van der Waals surface area contributed by atoms with Crippen molar-refractivity contribution in [2.24, 2.45) is 21.7 Å². The number of hydrogen-bond donors (Lipinski definition) is 3. The van der Waals surface area contributed by atoms with Crippen LogP contribution in [0.15, 0.2) is 34.5 Å². The van der Waals surface area contributed by atoms with Gasteiger partial charge in [-0.3, -0.25) is 0 Å². The Balaban J connectivity index is 2.64. The molecular formula is C14H17N5O2. The van der Waals surface area contributed by atoms with E-state index in [4.69, 9.17) is 16.2 Å². The third kappa shape index (κ3) is 3.02. The van der Waals surface area contributed by atoms with Crippen molar-refractivity contribution < 1.29 is 9.53 Å². The summed E-state index contributed by atoms with van der Waals surface area (Å²) in [4.78, 5) is 15.3. The summed E-state index contributed by atoms with van der Waals surface area (Å²) in [6.45, 7) is 3.80. The topological polar surface area (TPSA) is 119 Å². The van der Waals surface area contributed by atoms with Crippen LogP contribution in [-0.4, -0.2) is 29.2 Å². The Morgan fingerprint density at radius 2 is 2.00 bits per heavy atom. The standard InChI is InChI=1S/C14H17N5O2/c1-3-21-13(20)12(18-19-14(15)16)11-8(2)17-10-7-5-4-6-9(10)11/h4-7,17H,3H2,1-2H3,(H4,15,16,19). The van der Waals surface area contributed by atoms with E-state index in [1.54, 1.807) is 6.92 Å². The molecule has 0 atom stereocenters. The molecule has 5 N–H and O–H groups in total. The van der Waals surface area contributed by atoms with Crippen molar-refractivity contribution in [2.75, 3.05) is 6.61 Å². The maximum absolute atomic E-state index is 12.1. The first kappa shape index (κ1) is 14.6. The number of carbonyl (C=O) groups is 1. The Morgan fingerprint density at radius 3 is 2.67 bits per heavy atom. The van der Waals surface area contributed by atoms with Crippen molar-refractivity contribution in [1.82, 2.24) is 4.98 Å². The number of nitrogens with zero attached hydrogens (tertiary/aromatic N) is 2. The van der Waals surface area contributed by atoms with E-state index in [-0.39, 0.29) is 18.3 Å². The predicted molar refractivity (Wildman–Crippen MR) is 82.0 cm³/mol. The number of esters is 1. The second kappa shape index (κ2) is 6.08. The number of benzene rings is 1. The molecule has 7 heteroatoms. The highest BCUT2D eigenvalue weighted by Gasteiger charge is 2.22. The van der Waals surface area contributed by atoms with Crippen LogP contribution >= 0.6 is 0 Å². The summed E-state index contributed by atoms with van der Waals surface area (Å²) >= 11 is 0. The molecule has 2 rings (SSSR count). The first-order valence-electron chi connectivity index (χ1n) is 6.46. The van der Waals surface area contributed by atoms with Crippen LogP contribution in [-0.2, 0) is 9.53 Å². The van der Waals surface area contributed by atoms with E-state index in [9.17, 15) is 4.79 Å². The van der Waals surface area contributed by atoms with E-state index in [1.165, 1.54) is 0 Å².